The third-order valence-electron chi connectivity index (χ3n) is 8.19. The van der Waals surface area contributed by atoms with Gasteiger partial charge in [-0.3, -0.25) is 9.69 Å². The van der Waals surface area contributed by atoms with Crippen molar-refractivity contribution in [3.05, 3.63) is 51.8 Å². The van der Waals surface area contributed by atoms with Gasteiger partial charge in [0, 0.05) is 48.8 Å². The van der Waals surface area contributed by atoms with Crippen LogP contribution in [0, 0.1) is 25.7 Å². The number of aryl methyl sites for hydroxylation is 1. The van der Waals surface area contributed by atoms with Crippen molar-refractivity contribution >= 4 is 29.3 Å². The summed E-state index contributed by atoms with van der Waals surface area (Å²) in [6, 6.07) is 5.90. The van der Waals surface area contributed by atoms with Gasteiger partial charge in [-0.05, 0) is 73.4 Å². The molecule has 7 nitrogen and oxygen atoms in total. The van der Waals surface area contributed by atoms with Crippen LogP contribution in [0.3, 0.4) is 0 Å². The normalized spacial score (nSPS) is 25.2. The molecule has 34 heavy (non-hydrogen) atoms. The number of H-pyrrole nitrogens is 1. The van der Waals surface area contributed by atoms with Crippen molar-refractivity contribution in [2.75, 3.05) is 31.6 Å². The van der Waals surface area contributed by atoms with E-state index >= 15 is 0 Å². The molecule has 1 saturated carbocycles. The van der Waals surface area contributed by atoms with Crippen LogP contribution in [0.25, 0.3) is 11.6 Å². The summed E-state index contributed by atoms with van der Waals surface area (Å²) in [5.74, 6) is 1.68. The highest BCUT2D eigenvalue weighted by Crippen LogP contribution is 2.39. The Balaban J connectivity index is 1.25. The van der Waals surface area contributed by atoms with Crippen molar-refractivity contribution in [2.24, 2.45) is 11.8 Å². The molecule has 4 heterocycles. The lowest BCUT2D eigenvalue weighted by Gasteiger charge is -2.17. The number of hydrogen-bond acceptors (Lipinski definition) is 4. The quantitative estimate of drug-likeness (QED) is 0.652. The molecule has 2 saturated heterocycles. The van der Waals surface area contributed by atoms with Crippen LogP contribution in [-0.4, -0.2) is 53.0 Å². The zero-order valence-corrected chi connectivity index (χ0v) is 19.9. The van der Waals surface area contributed by atoms with E-state index in [1.165, 1.54) is 49.2 Å². The third-order valence-corrected chi connectivity index (χ3v) is 8.19. The first-order valence-corrected chi connectivity index (χ1v) is 12.4. The van der Waals surface area contributed by atoms with E-state index in [9.17, 15) is 9.59 Å². The molecule has 3 aliphatic heterocycles. The third kappa shape index (κ3) is 3.72. The first kappa shape index (κ1) is 21.5. The Morgan fingerprint density at radius 2 is 1.91 bits per heavy atom. The van der Waals surface area contributed by atoms with Crippen LogP contribution in [0.15, 0.2) is 18.2 Å². The SMILES string of the molecule is Cc1[nH]c(C=C2C(=O)Nc3ccc(CN4CCOC4=O)cc32)c(C)c1CN1C[C@H]2CCC[C@H]2C1. The summed E-state index contributed by atoms with van der Waals surface area (Å²) in [5, 5.41) is 2.98. The van der Waals surface area contributed by atoms with E-state index in [0.29, 0.717) is 25.3 Å². The number of carbonyl (C=O) groups excluding carboxylic acids is 2. The average molecular weight is 461 g/mol. The van der Waals surface area contributed by atoms with Crippen LogP contribution >= 0.6 is 0 Å². The van der Waals surface area contributed by atoms with Gasteiger partial charge in [-0.15, -0.1) is 0 Å². The molecular weight excluding hydrogens is 428 g/mol. The second-order valence-electron chi connectivity index (χ2n) is 10.3. The minimum Gasteiger partial charge on any atom is -0.448 e. The van der Waals surface area contributed by atoms with E-state index in [1.54, 1.807) is 4.90 Å². The average Bonchev–Trinajstić information content (AvgIpc) is 3.60. The fraction of sp³-hybridized carbons (Fsp3) is 0.481. The maximum atomic E-state index is 12.9. The minimum absolute atomic E-state index is 0.0895. The molecule has 0 bridgehead atoms. The van der Waals surface area contributed by atoms with Crippen LogP contribution in [0.1, 0.15) is 52.9 Å². The maximum Gasteiger partial charge on any atom is 0.410 e. The van der Waals surface area contributed by atoms with Crippen molar-refractivity contribution in [1.29, 1.82) is 0 Å². The van der Waals surface area contributed by atoms with Crippen molar-refractivity contribution in [1.82, 2.24) is 14.8 Å². The molecule has 1 aliphatic carbocycles. The van der Waals surface area contributed by atoms with E-state index in [1.807, 2.05) is 24.3 Å². The Hall–Kier alpha value is -3.06. The monoisotopic (exact) mass is 460 g/mol. The molecule has 6 rings (SSSR count). The number of cyclic esters (lactones) is 1. The lowest BCUT2D eigenvalue weighted by molar-refractivity contribution is -0.110. The lowest BCUT2D eigenvalue weighted by Crippen LogP contribution is -2.23. The molecule has 178 valence electrons. The molecule has 0 radical (unpaired) electrons. The number of aromatic nitrogens is 1. The molecule has 2 aromatic rings. The Kier molecular flexibility index (Phi) is 5.25. The number of amides is 2. The van der Waals surface area contributed by atoms with Gasteiger partial charge in [0.05, 0.1) is 12.1 Å². The maximum absolute atomic E-state index is 12.9. The van der Waals surface area contributed by atoms with Crippen LogP contribution < -0.4 is 5.32 Å². The van der Waals surface area contributed by atoms with Gasteiger partial charge in [-0.1, -0.05) is 12.5 Å². The number of fused-ring (bicyclic) bond motifs is 2. The number of rotatable bonds is 5. The molecule has 1 aromatic carbocycles. The minimum atomic E-state index is -0.280. The molecule has 0 unspecified atom stereocenters. The second-order valence-corrected chi connectivity index (χ2v) is 10.3. The van der Waals surface area contributed by atoms with Gasteiger partial charge < -0.3 is 19.9 Å². The molecule has 3 fully saturated rings. The Morgan fingerprint density at radius 1 is 1.12 bits per heavy atom. The molecule has 4 aliphatic rings. The fourth-order valence-electron chi connectivity index (χ4n) is 6.29. The number of benzene rings is 1. The van der Waals surface area contributed by atoms with Crippen molar-refractivity contribution < 1.29 is 14.3 Å². The first-order valence-electron chi connectivity index (χ1n) is 12.4. The van der Waals surface area contributed by atoms with Crippen LogP contribution in [-0.2, 0) is 22.6 Å². The molecule has 2 N–H and O–H groups in total. The number of aromatic amines is 1. The standard InChI is InChI=1S/C27H32N4O3/c1-16-23(15-30-13-19-4-3-5-20(19)14-30)17(2)28-25(16)11-22-21-10-18(6-7-24(21)29-26(22)32)12-31-8-9-34-27(31)33/h6-7,10-11,19-20,28H,3-5,8-9,12-15H2,1-2H3,(H,29,32)/t19-,20+. The van der Waals surface area contributed by atoms with Crippen molar-refractivity contribution in [2.45, 2.75) is 46.2 Å². The van der Waals surface area contributed by atoms with Gasteiger partial charge in [0.2, 0.25) is 0 Å². The van der Waals surface area contributed by atoms with Crippen LogP contribution in [0.4, 0.5) is 10.5 Å². The molecule has 2 atom stereocenters. The van der Waals surface area contributed by atoms with Crippen molar-refractivity contribution in [3.8, 4) is 0 Å². The predicted octanol–water partition coefficient (Wildman–Crippen LogP) is 4.31. The largest absolute Gasteiger partial charge is 0.448 e. The number of hydrogen-bond donors (Lipinski definition) is 2. The van der Waals surface area contributed by atoms with Crippen molar-refractivity contribution in [3.63, 3.8) is 0 Å². The predicted molar refractivity (Wildman–Crippen MR) is 131 cm³/mol. The second kappa shape index (κ2) is 8.31. The van der Waals surface area contributed by atoms with Gasteiger partial charge in [-0.2, -0.15) is 0 Å². The van der Waals surface area contributed by atoms with Gasteiger partial charge >= 0.3 is 6.09 Å². The van der Waals surface area contributed by atoms with E-state index in [2.05, 4.69) is 29.0 Å². The molecular formula is C27H32N4O3. The molecule has 1 aromatic heterocycles. The number of anilines is 1. The number of carbonyl (C=O) groups is 2. The summed E-state index contributed by atoms with van der Waals surface area (Å²) < 4.78 is 5.04. The van der Waals surface area contributed by atoms with Gasteiger partial charge in [0.1, 0.15) is 6.61 Å². The van der Waals surface area contributed by atoms with E-state index in [4.69, 9.17) is 4.74 Å². The van der Waals surface area contributed by atoms with Gasteiger partial charge in [-0.25, -0.2) is 4.79 Å². The fourth-order valence-corrected chi connectivity index (χ4v) is 6.29. The highest BCUT2D eigenvalue weighted by molar-refractivity contribution is 6.34. The van der Waals surface area contributed by atoms with E-state index < -0.39 is 0 Å². The Labute approximate surface area is 200 Å². The Bertz CT molecular complexity index is 1180. The molecule has 7 heteroatoms. The first-order chi connectivity index (χ1) is 16.5. The van der Waals surface area contributed by atoms with Gasteiger partial charge in [0.25, 0.3) is 5.91 Å². The molecule has 2 amide bonds. The lowest BCUT2D eigenvalue weighted by atomic mass is 10.0. The number of nitrogens with one attached hydrogen (secondary N) is 2. The molecule has 0 spiro atoms. The van der Waals surface area contributed by atoms with Crippen LogP contribution in [0.5, 0.6) is 0 Å². The summed E-state index contributed by atoms with van der Waals surface area (Å²) in [7, 11) is 0. The Morgan fingerprint density at radius 3 is 2.65 bits per heavy atom. The summed E-state index contributed by atoms with van der Waals surface area (Å²) in [6.07, 6.45) is 5.88. The number of nitrogens with zero attached hydrogens (tertiary/aromatic N) is 2. The summed E-state index contributed by atoms with van der Waals surface area (Å²) in [6.45, 7) is 9.21. The van der Waals surface area contributed by atoms with E-state index in [0.717, 1.165) is 40.9 Å². The van der Waals surface area contributed by atoms with E-state index in [-0.39, 0.29) is 12.0 Å². The van der Waals surface area contributed by atoms with Crippen LogP contribution in [0.2, 0.25) is 0 Å². The summed E-state index contributed by atoms with van der Waals surface area (Å²) in [5.41, 5.74) is 8.10. The zero-order chi connectivity index (χ0) is 23.4. The number of ether oxygens (including phenoxy) is 1. The number of likely N-dealkylation sites (tertiary alicyclic amines) is 1. The smallest absolute Gasteiger partial charge is 0.410 e. The van der Waals surface area contributed by atoms with Gasteiger partial charge in [0.15, 0.2) is 0 Å². The zero-order valence-electron chi connectivity index (χ0n) is 19.9. The highest BCUT2D eigenvalue weighted by Gasteiger charge is 2.36. The highest BCUT2D eigenvalue weighted by atomic mass is 16.6. The summed E-state index contributed by atoms with van der Waals surface area (Å²) in [4.78, 5) is 32.5. The topological polar surface area (TPSA) is 77.7 Å². The summed E-state index contributed by atoms with van der Waals surface area (Å²) >= 11 is 0.